The number of carbonyl (C=O) groups is 1. The van der Waals surface area contributed by atoms with Crippen molar-refractivity contribution in [1.82, 2.24) is 10.2 Å². The molecule has 0 aromatic heterocycles. The highest BCUT2D eigenvalue weighted by Crippen LogP contribution is 2.22. The first-order chi connectivity index (χ1) is 6.03. The van der Waals surface area contributed by atoms with Gasteiger partial charge in [-0.15, -0.1) is 0 Å². The zero-order valence-corrected chi connectivity index (χ0v) is 8.27. The number of nitrogens with one attached hydrogen (secondary N) is 1. The Kier molecular flexibility index (Phi) is 1.81. The molecule has 2 fully saturated rings. The summed E-state index contributed by atoms with van der Waals surface area (Å²) in [5, 5.41) is 3.15. The van der Waals surface area contributed by atoms with E-state index in [0.29, 0.717) is 11.5 Å². The van der Waals surface area contributed by atoms with Crippen LogP contribution < -0.4 is 5.32 Å². The lowest BCUT2D eigenvalue weighted by Crippen LogP contribution is -2.35. The summed E-state index contributed by atoms with van der Waals surface area (Å²) in [6.07, 6.45) is 0.584. The largest absolute Gasteiger partial charge is 0.356 e. The second kappa shape index (κ2) is 2.65. The van der Waals surface area contributed by atoms with Gasteiger partial charge in [-0.05, 0) is 12.2 Å². The van der Waals surface area contributed by atoms with Crippen molar-refractivity contribution in [2.75, 3.05) is 11.5 Å². The fourth-order valence-electron chi connectivity index (χ4n) is 1.75. The molecule has 0 bridgehead atoms. The molecule has 1 N–H and O–H groups in total. The standard InChI is InChI=1S/C6H8N2O3S2/c9-3-8-5-2-13(10,11)1-4(5)7-6(8)12/h3-5H,1-2H2,(H,7,12). The molecule has 0 spiro atoms. The van der Waals surface area contributed by atoms with Crippen LogP contribution in [0.2, 0.25) is 0 Å². The Labute approximate surface area is 81.0 Å². The highest BCUT2D eigenvalue weighted by molar-refractivity contribution is 7.91. The van der Waals surface area contributed by atoms with Crippen LogP contribution in [0.4, 0.5) is 0 Å². The van der Waals surface area contributed by atoms with Crippen molar-refractivity contribution in [1.29, 1.82) is 0 Å². The van der Waals surface area contributed by atoms with Gasteiger partial charge in [0.15, 0.2) is 14.9 Å². The molecule has 5 nitrogen and oxygen atoms in total. The first-order valence-electron chi connectivity index (χ1n) is 3.78. The third kappa shape index (κ3) is 1.31. The third-order valence-electron chi connectivity index (χ3n) is 2.34. The molecule has 2 aliphatic heterocycles. The molecule has 2 rings (SSSR count). The summed E-state index contributed by atoms with van der Waals surface area (Å²) in [7, 11) is -2.99. The minimum atomic E-state index is -2.99. The van der Waals surface area contributed by atoms with Crippen molar-refractivity contribution in [3.8, 4) is 0 Å². The summed E-state index contributed by atoms with van der Waals surface area (Å²) in [5.74, 6) is 0.0890. The topological polar surface area (TPSA) is 66.5 Å². The molecule has 0 aromatic rings. The van der Waals surface area contributed by atoms with E-state index in [9.17, 15) is 13.2 Å². The summed E-state index contributed by atoms with van der Waals surface area (Å²) < 4.78 is 22.4. The van der Waals surface area contributed by atoms with E-state index in [1.165, 1.54) is 4.90 Å². The van der Waals surface area contributed by atoms with E-state index in [1.54, 1.807) is 0 Å². The lowest BCUT2D eigenvalue weighted by atomic mass is 10.2. The molecule has 0 aromatic carbocycles. The number of rotatable bonds is 1. The van der Waals surface area contributed by atoms with Crippen molar-refractivity contribution < 1.29 is 13.2 Å². The van der Waals surface area contributed by atoms with E-state index in [-0.39, 0.29) is 23.6 Å². The summed E-state index contributed by atoms with van der Waals surface area (Å²) in [4.78, 5) is 11.9. The van der Waals surface area contributed by atoms with Crippen LogP contribution in [-0.2, 0) is 14.6 Å². The Morgan fingerprint density at radius 2 is 2.23 bits per heavy atom. The van der Waals surface area contributed by atoms with Gasteiger partial charge in [-0.2, -0.15) is 0 Å². The highest BCUT2D eigenvalue weighted by Gasteiger charge is 2.47. The lowest BCUT2D eigenvalue weighted by Gasteiger charge is -2.13. The number of nitrogens with zero attached hydrogens (tertiary/aromatic N) is 1. The quantitative estimate of drug-likeness (QED) is 0.430. The van der Waals surface area contributed by atoms with E-state index >= 15 is 0 Å². The van der Waals surface area contributed by atoms with Crippen LogP contribution in [0.5, 0.6) is 0 Å². The number of sulfone groups is 1. The lowest BCUT2D eigenvalue weighted by molar-refractivity contribution is -0.115. The van der Waals surface area contributed by atoms with Gasteiger partial charge in [0.25, 0.3) is 0 Å². The van der Waals surface area contributed by atoms with Gasteiger partial charge in [-0.25, -0.2) is 8.42 Å². The van der Waals surface area contributed by atoms with Crippen LogP contribution in [-0.4, -0.2) is 48.4 Å². The first kappa shape index (κ1) is 8.89. The van der Waals surface area contributed by atoms with Gasteiger partial charge in [-0.3, -0.25) is 9.69 Å². The first-order valence-corrected chi connectivity index (χ1v) is 6.01. The predicted octanol–water partition coefficient (Wildman–Crippen LogP) is -1.50. The maximum absolute atomic E-state index is 11.2. The minimum Gasteiger partial charge on any atom is -0.356 e. The monoisotopic (exact) mass is 220 g/mol. The number of fused-ring (bicyclic) bond motifs is 1. The zero-order chi connectivity index (χ0) is 9.64. The molecule has 0 aliphatic carbocycles. The molecule has 0 saturated carbocycles. The van der Waals surface area contributed by atoms with Gasteiger partial charge in [0.05, 0.1) is 23.6 Å². The summed E-state index contributed by atoms with van der Waals surface area (Å²) in [5.41, 5.74) is 0. The number of hydrogen-bond donors (Lipinski definition) is 1. The van der Waals surface area contributed by atoms with Crippen LogP contribution in [0, 0.1) is 0 Å². The van der Waals surface area contributed by atoms with Crippen LogP contribution in [0.3, 0.4) is 0 Å². The predicted molar refractivity (Wildman–Crippen MR) is 49.9 cm³/mol. The number of carbonyl (C=O) groups excluding carboxylic acids is 1. The number of amides is 1. The average Bonchev–Trinajstić information content (AvgIpc) is 2.39. The van der Waals surface area contributed by atoms with E-state index in [4.69, 9.17) is 12.2 Å². The van der Waals surface area contributed by atoms with E-state index in [2.05, 4.69) is 5.32 Å². The van der Waals surface area contributed by atoms with Gasteiger partial charge < -0.3 is 5.32 Å². The highest BCUT2D eigenvalue weighted by atomic mass is 32.2. The van der Waals surface area contributed by atoms with Crippen molar-refractivity contribution in [2.24, 2.45) is 0 Å². The van der Waals surface area contributed by atoms with Crippen molar-refractivity contribution in [3.63, 3.8) is 0 Å². The van der Waals surface area contributed by atoms with E-state index in [1.807, 2.05) is 0 Å². The molecule has 2 saturated heterocycles. The van der Waals surface area contributed by atoms with E-state index < -0.39 is 9.84 Å². The molecular weight excluding hydrogens is 212 g/mol. The van der Waals surface area contributed by atoms with Crippen molar-refractivity contribution in [3.05, 3.63) is 0 Å². The molecule has 0 radical (unpaired) electrons. The molecule has 7 heteroatoms. The minimum absolute atomic E-state index is 0.0174. The molecule has 2 atom stereocenters. The maximum Gasteiger partial charge on any atom is 0.216 e. The Bertz CT molecular complexity index is 364. The summed E-state index contributed by atoms with van der Waals surface area (Å²) in [6.45, 7) is 0. The van der Waals surface area contributed by atoms with Gasteiger partial charge in [-0.1, -0.05) is 0 Å². The van der Waals surface area contributed by atoms with Crippen LogP contribution in [0.15, 0.2) is 0 Å². The molecule has 2 aliphatic rings. The smallest absolute Gasteiger partial charge is 0.216 e. The van der Waals surface area contributed by atoms with Gasteiger partial charge in [0, 0.05) is 0 Å². The second-order valence-corrected chi connectivity index (χ2v) is 5.75. The fourth-order valence-corrected chi connectivity index (χ4v) is 3.98. The molecular formula is C6H8N2O3S2. The van der Waals surface area contributed by atoms with Gasteiger partial charge in [0.2, 0.25) is 6.41 Å². The third-order valence-corrected chi connectivity index (χ3v) is 4.38. The van der Waals surface area contributed by atoms with Crippen molar-refractivity contribution >= 4 is 33.6 Å². The van der Waals surface area contributed by atoms with Crippen LogP contribution >= 0.6 is 12.2 Å². The van der Waals surface area contributed by atoms with Gasteiger partial charge >= 0.3 is 0 Å². The van der Waals surface area contributed by atoms with E-state index in [0.717, 1.165) is 0 Å². The average molecular weight is 220 g/mol. The molecule has 2 heterocycles. The van der Waals surface area contributed by atoms with Gasteiger partial charge in [0.1, 0.15) is 0 Å². The Morgan fingerprint density at radius 1 is 1.54 bits per heavy atom. The molecule has 72 valence electrons. The summed E-state index contributed by atoms with van der Waals surface area (Å²) in [6, 6.07) is -0.502. The SMILES string of the molecule is O=CN1C(=S)NC2CS(=O)(=O)CC21. The number of thiocarbonyl (C=S) groups is 1. The van der Waals surface area contributed by atoms with Crippen LogP contribution in [0.25, 0.3) is 0 Å². The molecule has 2 unspecified atom stereocenters. The fraction of sp³-hybridized carbons (Fsp3) is 0.667. The zero-order valence-electron chi connectivity index (χ0n) is 6.63. The summed E-state index contributed by atoms with van der Waals surface area (Å²) >= 11 is 4.86. The molecule has 13 heavy (non-hydrogen) atoms. The molecule has 1 amide bonds. The Morgan fingerprint density at radius 3 is 2.85 bits per heavy atom. The number of hydrogen-bond acceptors (Lipinski definition) is 4. The normalized spacial score (nSPS) is 35.7. The maximum atomic E-state index is 11.2. The van der Waals surface area contributed by atoms with Crippen LogP contribution in [0.1, 0.15) is 0 Å². The Hall–Kier alpha value is -0.690. The second-order valence-electron chi connectivity index (χ2n) is 3.21. The van der Waals surface area contributed by atoms with Crippen molar-refractivity contribution in [2.45, 2.75) is 12.1 Å². The Balaban J connectivity index is 2.29.